The molecule has 4 nitrogen and oxygen atoms in total. The normalized spacial score (nSPS) is 15.9. The minimum absolute atomic E-state index is 0.0965. The maximum absolute atomic E-state index is 11.5. The summed E-state index contributed by atoms with van der Waals surface area (Å²) in [5, 5.41) is 11.7. The summed E-state index contributed by atoms with van der Waals surface area (Å²) < 4.78 is 0. The van der Waals surface area contributed by atoms with E-state index in [-0.39, 0.29) is 18.2 Å². The van der Waals surface area contributed by atoms with E-state index in [1.165, 1.54) is 0 Å². The van der Waals surface area contributed by atoms with Crippen LogP contribution < -0.4 is 5.32 Å². The van der Waals surface area contributed by atoms with Gasteiger partial charge in [0.2, 0.25) is 0 Å². The van der Waals surface area contributed by atoms with E-state index in [4.69, 9.17) is 11.6 Å². The van der Waals surface area contributed by atoms with Crippen molar-refractivity contribution in [2.24, 2.45) is 0 Å². The molecule has 1 aromatic carbocycles. The van der Waals surface area contributed by atoms with Gasteiger partial charge in [-0.3, -0.25) is 14.9 Å². The fourth-order valence-electron chi connectivity index (χ4n) is 1.77. The fraction of sp³-hybridized carbons (Fsp3) is 0.273. The lowest BCUT2D eigenvalue weighted by Gasteiger charge is -2.09. The highest BCUT2D eigenvalue weighted by molar-refractivity contribution is 6.22. The van der Waals surface area contributed by atoms with Gasteiger partial charge in [-0.15, -0.1) is 11.6 Å². The topological polar surface area (TPSA) is 66.4 Å². The first kappa shape index (κ1) is 11.1. The number of hydrogen-bond acceptors (Lipinski definition) is 3. The Bertz CT molecular complexity index is 459. The zero-order chi connectivity index (χ0) is 11.7. The van der Waals surface area contributed by atoms with Crippen molar-refractivity contribution in [2.45, 2.75) is 12.5 Å². The summed E-state index contributed by atoms with van der Waals surface area (Å²) in [6.45, 7) is 0. The molecule has 0 fully saturated rings. The van der Waals surface area contributed by atoms with Gasteiger partial charge in [0, 0.05) is 12.3 Å². The fourth-order valence-corrected chi connectivity index (χ4v) is 1.88. The molecule has 1 atom stereocenters. The average Bonchev–Trinajstić information content (AvgIpc) is 2.56. The smallest absolute Gasteiger partial charge is 0.259 e. The van der Waals surface area contributed by atoms with E-state index in [1.807, 2.05) is 0 Å². The molecule has 2 N–H and O–H groups in total. The number of amides is 2. The molecular weight excluding hydrogens is 230 g/mol. The van der Waals surface area contributed by atoms with Crippen LogP contribution in [-0.2, 0) is 6.42 Å². The number of hydrogen-bond donors (Lipinski definition) is 2. The summed E-state index contributed by atoms with van der Waals surface area (Å²) in [5.74, 6) is -0.696. The largest absolute Gasteiger partial charge is 0.392 e. The second-order valence-electron chi connectivity index (χ2n) is 3.64. The number of halogens is 1. The molecule has 0 bridgehead atoms. The molecule has 1 aliphatic heterocycles. The van der Waals surface area contributed by atoms with Gasteiger partial charge in [-0.2, -0.15) is 0 Å². The van der Waals surface area contributed by atoms with Gasteiger partial charge in [0.05, 0.1) is 17.2 Å². The lowest BCUT2D eigenvalue weighted by Crippen LogP contribution is -2.21. The minimum Gasteiger partial charge on any atom is -0.392 e. The monoisotopic (exact) mass is 239 g/mol. The average molecular weight is 240 g/mol. The predicted molar refractivity (Wildman–Crippen MR) is 58.7 cm³/mol. The van der Waals surface area contributed by atoms with Crippen LogP contribution >= 0.6 is 11.6 Å². The number of fused-ring (bicyclic) bond motifs is 1. The summed E-state index contributed by atoms with van der Waals surface area (Å²) in [5.41, 5.74) is 1.37. The molecule has 84 valence electrons. The number of benzene rings is 1. The van der Waals surface area contributed by atoms with Crippen LogP contribution in [0.3, 0.4) is 0 Å². The number of imide groups is 1. The van der Waals surface area contributed by atoms with Crippen LogP contribution in [0.4, 0.5) is 0 Å². The summed E-state index contributed by atoms with van der Waals surface area (Å²) in [6.07, 6.45) is -0.440. The third kappa shape index (κ3) is 1.81. The predicted octanol–water partition coefficient (Wildman–Crippen LogP) is 0.712. The first-order valence-corrected chi connectivity index (χ1v) is 5.38. The first-order chi connectivity index (χ1) is 7.63. The number of rotatable bonds is 3. The van der Waals surface area contributed by atoms with Crippen LogP contribution in [0, 0.1) is 0 Å². The molecule has 1 aliphatic rings. The van der Waals surface area contributed by atoms with E-state index < -0.39 is 12.0 Å². The number of carbonyl (C=O) groups is 2. The second-order valence-corrected chi connectivity index (χ2v) is 3.94. The lowest BCUT2D eigenvalue weighted by atomic mass is 9.98. The van der Waals surface area contributed by atoms with Crippen LogP contribution in [0.25, 0.3) is 0 Å². The Kier molecular flexibility index (Phi) is 2.94. The molecule has 1 heterocycles. The van der Waals surface area contributed by atoms with Gasteiger partial charge in [-0.25, -0.2) is 0 Å². The van der Waals surface area contributed by atoms with Gasteiger partial charge >= 0.3 is 0 Å². The molecule has 0 spiro atoms. The summed E-state index contributed by atoms with van der Waals surface area (Å²) in [7, 11) is 0. The summed E-state index contributed by atoms with van der Waals surface area (Å²) in [4.78, 5) is 22.9. The molecule has 0 aromatic heterocycles. The van der Waals surface area contributed by atoms with Crippen molar-refractivity contribution in [3.05, 3.63) is 34.9 Å². The van der Waals surface area contributed by atoms with E-state index in [9.17, 15) is 14.7 Å². The van der Waals surface area contributed by atoms with Crippen molar-refractivity contribution >= 4 is 23.4 Å². The van der Waals surface area contributed by atoms with Crippen LogP contribution in [0.15, 0.2) is 18.2 Å². The highest BCUT2D eigenvalue weighted by Gasteiger charge is 2.29. The molecule has 2 rings (SSSR count). The molecule has 0 saturated heterocycles. The highest BCUT2D eigenvalue weighted by atomic mass is 35.5. The van der Waals surface area contributed by atoms with Gasteiger partial charge in [0.1, 0.15) is 0 Å². The molecule has 0 radical (unpaired) electrons. The zero-order valence-electron chi connectivity index (χ0n) is 8.37. The van der Waals surface area contributed by atoms with Crippen LogP contribution in [0.5, 0.6) is 0 Å². The summed E-state index contributed by atoms with van der Waals surface area (Å²) >= 11 is 5.50. The number of nitrogens with one attached hydrogen (secondary N) is 1. The third-order valence-electron chi connectivity index (χ3n) is 2.48. The Morgan fingerprint density at radius 3 is 2.75 bits per heavy atom. The molecule has 0 saturated carbocycles. The number of aliphatic hydroxyl groups is 1. The maximum Gasteiger partial charge on any atom is 0.259 e. The first-order valence-electron chi connectivity index (χ1n) is 4.85. The maximum atomic E-state index is 11.5. The molecule has 1 aromatic rings. The highest BCUT2D eigenvalue weighted by Crippen LogP contribution is 2.21. The van der Waals surface area contributed by atoms with E-state index >= 15 is 0 Å². The van der Waals surface area contributed by atoms with Crippen LogP contribution in [0.2, 0.25) is 0 Å². The Balaban J connectivity index is 2.41. The van der Waals surface area contributed by atoms with E-state index in [0.717, 1.165) is 0 Å². The molecule has 0 aliphatic carbocycles. The molecule has 2 amide bonds. The quantitative estimate of drug-likeness (QED) is 0.603. The van der Waals surface area contributed by atoms with Gasteiger partial charge in [0.15, 0.2) is 0 Å². The Labute approximate surface area is 97.2 Å². The van der Waals surface area contributed by atoms with Gasteiger partial charge < -0.3 is 5.11 Å². The Hall–Kier alpha value is -1.39. The van der Waals surface area contributed by atoms with Crippen molar-refractivity contribution in [1.29, 1.82) is 0 Å². The van der Waals surface area contributed by atoms with Gasteiger partial charge in [-0.1, -0.05) is 12.1 Å². The van der Waals surface area contributed by atoms with Crippen molar-refractivity contribution in [3.8, 4) is 0 Å². The van der Waals surface area contributed by atoms with Gasteiger partial charge in [0.25, 0.3) is 11.8 Å². The van der Waals surface area contributed by atoms with Crippen LogP contribution in [0.1, 0.15) is 26.3 Å². The Morgan fingerprint density at radius 2 is 2.06 bits per heavy atom. The van der Waals surface area contributed by atoms with E-state index in [2.05, 4.69) is 5.32 Å². The summed E-state index contributed by atoms with van der Waals surface area (Å²) in [6, 6.07) is 4.99. The molecule has 1 unspecified atom stereocenters. The van der Waals surface area contributed by atoms with Crippen LogP contribution in [-0.4, -0.2) is 28.9 Å². The van der Waals surface area contributed by atoms with Crippen molar-refractivity contribution < 1.29 is 14.7 Å². The van der Waals surface area contributed by atoms with Crippen molar-refractivity contribution in [3.63, 3.8) is 0 Å². The number of carbonyl (C=O) groups excluding carboxylic acids is 2. The molecule has 5 heteroatoms. The lowest BCUT2D eigenvalue weighted by molar-refractivity contribution is 0.0879. The van der Waals surface area contributed by atoms with Gasteiger partial charge in [-0.05, 0) is 11.6 Å². The second kappa shape index (κ2) is 4.23. The van der Waals surface area contributed by atoms with E-state index in [1.54, 1.807) is 18.2 Å². The molecular formula is C11H10ClNO3. The van der Waals surface area contributed by atoms with E-state index in [0.29, 0.717) is 16.7 Å². The number of aliphatic hydroxyl groups excluding tert-OH is 1. The minimum atomic E-state index is -0.711. The standard InChI is InChI=1S/C11H10ClNO3/c12-5-7(14)4-6-2-1-3-8-9(6)11(16)13-10(8)15/h1-3,7,14H,4-5H2,(H,13,15,16). The third-order valence-corrected chi connectivity index (χ3v) is 2.84. The van der Waals surface area contributed by atoms with Crippen molar-refractivity contribution in [2.75, 3.05) is 5.88 Å². The molecule has 16 heavy (non-hydrogen) atoms. The zero-order valence-corrected chi connectivity index (χ0v) is 9.12. The number of alkyl halides is 1. The van der Waals surface area contributed by atoms with Crippen molar-refractivity contribution in [1.82, 2.24) is 5.32 Å². The Morgan fingerprint density at radius 1 is 1.31 bits per heavy atom. The SMILES string of the molecule is O=C1NC(=O)c2c(CC(O)CCl)cccc21.